The minimum Gasteiger partial charge on any atom is -0.504 e. The monoisotopic (exact) mass is 339 g/mol. The number of nitrogens with one attached hydrogen (secondary N) is 1. The summed E-state index contributed by atoms with van der Waals surface area (Å²) in [7, 11) is 0. The number of phenols is 1. The van der Waals surface area contributed by atoms with E-state index in [1.807, 2.05) is 19.1 Å². The molecule has 0 aliphatic carbocycles. The first-order valence-corrected chi connectivity index (χ1v) is 9.13. The molecule has 0 saturated carbocycles. The van der Waals surface area contributed by atoms with Crippen molar-refractivity contribution in [3.63, 3.8) is 0 Å². The second-order valence-electron chi connectivity index (χ2n) is 6.45. The molecule has 25 heavy (non-hydrogen) atoms. The number of likely N-dealkylation sites (tertiary alicyclic amines) is 1. The summed E-state index contributed by atoms with van der Waals surface area (Å²) in [6, 6.07) is 16.5. The molecule has 0 amide bonds. The van der Waals surface area contributed by atoms with E-state index in [1.54, 1.807) is 17.2 Å². The van der Waals surface area contributed by atoms with Crippen molar-refractivity contribution >= 4 is 6.21 Å². The third-order valence-electron chi connectivity index (χ3n) is 4.79. The standard InChI is InChI=1S/C21H26N2O2/c1-2-25-20-12-8-11-18(21(20)24)15-22-16-19(23-13-6-7-14-23)17-9-4-3-5-10-17/h3-5,8-12,15,19,24H,2,6-7,13-14,16H2,1H3/p+1/t19-/m1/s1. The second-order valence-corrected chi connectivity index (χ2v) is 6.45. The normalized spacial score (nSPS) is 16.4. The van der Waals surface area contributed by atoms with Gasteiger partial charge in [-0.3, -0.25) is 4.99 Å². The van der Waals surface area contributed by atoms with Gasteiger partial charge in [-0.15, -0.1) is 0 Å². The highest BCUT2D eigenvalue weighted by molar-refractivity contribution is 5.84. The van der Waals surface area contributed by atoms with E-state index in [1.165, 1.54) is 31.5 Å². The highest BCUT2D eigenvalue weighted by Gasteiger charge is 2.26. The third kappa shape index (κ3) is 4.40. The first-order valence-electron chi connectivity index (χ1n) is 9.13. The summed E-state index contributed by atoms with van der Waals surface area (Å²) in [5, 5.41) is 10.3. The van der Waals surface area contributed by atoms with E-state index < -0.39 is 0 Å². The number of rotatable bonds is 7. The quantitative estimate of drug-likeness (QED) is 0.762. The molecule has 2 aromatic carbocycles. The molecule has 3 rings (SSSR count). The molecule has 0 bridgehead atoms. The van der Waals surface area contributed by atoms with Gasteiger partial charge in [-0.05, 0) is 19.1 Å². The SMILES string of the molecule is CCOc1cccc(C=NC[C@H](c2ccccc2)[NH+]2CCCC2)c1O. The average molecular weight is 339 g/mol. The van der Waals surface area contributed by atoms with Crippen LogP contribution in [0, 0.1) is 0 Å². The van der Waals surface area contributed by atoms with E-state index in [0.717, 1.165) is 6.54 Å². The van der Waals surface area contributed by atoms with E-state index in [0.29, 0.717) is 24.0 Å². The number of aliphatic imine (C=N–C) groups is 1. The fourth-order valence-corrected chi connectivity index (χ4v) is 3.51. The first-order chi connectivity index (χ1) is 12.3. The van der Waals surface area contributed by atoms with Gasteiger partial charge in [-0.1, -0.05) is 36.4 Å². The van der Waals surface area contributed by atoms with E-state index in [4.69, 9.17) is 4.74 Å². The first kappa shape index (κ1) is 17.5. The summed E-state index contributed by atoms with van der Waals surface area (Å²) in [5.41, 5.74) is 2.04. The molecule has 1 fully saturated rings. The molecule has 2 N–H and O–H groups in total. The highest BCUT2D eigenvalue weighted by Crippen LogP contribution is 2.28. The van der Waals surface area contributed by atoms with Gasteiger partial charge < -0.3 is 14.7 Å². The molecule has 1 aliphatic heterocycles. The largest absolute Gasteiger partial charge is 0.504 e. The minimum absolute atomic E-state index is 0.165. The van der Waals surface area contributed by atoms with E-state index in [9.17, 15) is 5.11 Å². The number of aromatic hydroxyl groups is 1. The molecular weight excluding hydrogens is 312 g/mol. The zero-order valence-electron chi connectivity index (χ0n) is 14.8. The number of quaternary nitrogens is 1. The van der Waals surface area contributed by atoms with Crippen LogP contribution in [0.5, 0.6) is 11.5 Å². The molecule has 4 nitrogen and oxygen atoms in total. The zero-order chi connectivity index (χ0) is 17.5. The lowest BCUT2D eigenvalue weighted by Gasteiger charge is -2.23. The Balaban J connectivity index is 1.75. The molecule has 0 unspecified atom stereocenters. The molecule has 0 radical (unpaired) electrons. The van der Waals surface area contributed by atoms with Crippen molar-refractivity contribution in [1.82, 2.24) is 0 Å². The lowest BCUT2D eigenvalue weighted by atomic mass is 10.1. The van der Waals surface area contributed by atoms with E-state index >= 15 is 0 Å². The van der Waals surface area contributed by atoms with Gasteiger partial charge in [0.05, 0.1) is 26.2 Å². The number of benzene rings is 2. The van der Waals surface area contributed by atoms with Gasteiger partial charge in [0.25, 0.3) is 0 Å². The number of hydrogen-bond acceptors (Lipinski definition) is 3. The Bertz CT molecular complexity index is 694. The summed E-state index contributed by atoms with van der Waals surface area (Å²) in [5.74, 6) is 0.675. The van der Waals surface area contributed by atoms with Crippen LogP contribution in [0.4, 0.5) is 0 Å². The Kier molecular flexibility index (Phi) is 6.07. The summed E-state index contributed by atoms with van der Waals surface area (Å²) in [4.78, 5) is 6.27. The topological polar surface area (TPSA) is 46.3 Å². The Morgan fingerprint density at radius 1 is 1.12 bits per heavy atom. The van der Waals surface area contributed by atoms with Crippen LogP contribution < -0.4 is 9.64 Å². The Hall–Kier alpha value is -2.33. The number of para-hydroxylation sites is 1. The van der Waals surface area contributed by atoms with Crippen molar-refractivity contribution in [2.75, 3.05) is 26.2 Å². The lowest BCUT2D eigenvalue weighted by Crippen LogP contribution is -3.10. The number of nitrogens with zero attached hydrogens (tertiary/aromatic N) is 1. The molecular formula is C21H27N2O2+. The van der Waals surface area contributed by atoms with Gasteiger partial charge in [0, 0.05) is 30.2 Å². The molecule has 1 aliphatic rings. The van der Waals surface area contributed by atoms with Gasteiger partial charge in [0.15, 0.2) is 11.5 Å². The van der Waals surface area contributed by atoms with Gasteiger partial charge >= 0.3 is 0 Å². The van der Waals surface area contributed by atoms with E-state index in [-0.39, 0.29) is 5.75 Å². The van der Waals surface area contributed by atoms with Gasteiger partial charge in [0.2, 0.25) is 0 Å². The molecule has 132 valence electrons. The Morgan fingerprint density at radius 2 is 1.88 bits per heavy atom. The van der Waals surface area contributed by atoms with Crippen LogP contribution in [0.15, 0.2) is 53.5 Å². The van der Waals surface area contributed by atoms with Crippen LogP contribution in [0.3, 0.4) is 0 Å². The number of hydrogen-bond donors (Lipinski definition) is 2. The summed E-state index contributed by atoms with van der Waals surface area (Å²) < 4.78 is 5.44. The highest BCUT2D eigenvalue weighted by atomic mass is 16.5. The fourth-order valence-electron chi connectivity index (χ4n) is 3.51. The summed E-state index contributed by atoms with van der Waals surface area (Å²) >= 11 is 0. The maximum absolute atomic E-state index is 10.3. The van der Waals surface area contributed by atoms with Crippen LogP contribution in [0.25, 0.3) is 0 Å². The number of phenolic OH excluding ortho intramolecular Hbond substituents is 1. The second kappa shape index (κ2) is 8.67. The predicted molar refractivity (Wildman–Crippen MR) is 101 cm³/mol. The van der Waals surface area contributed by atoms with Crippen molar-refractivity contribution in [3.05, 3.63) is 59.7 Å². The Labute approximate surface area is 149 Å². The summed E-state index contributed by atoms with van der Waals surface area (Å²) in [6.45, 7) is 5.57. The van der Waals surface area contributed by atoms with Crippen molar-refractivity contribution < 1.29 is 14.7 Å². The van der Waals surface area contributed by atoms with Crippen molar-refractivity contribution in [2.45, 2.75) is 25.8 Å². The molecule has 2 aromatic rings. The molecule has 4 heteroatoms. The lowest BCUT2D eigenvalue weighted by molar-refractivity contribution is -0.918. The molecule has 0 spiro atoms. The predicted octanol–water partition coefficient (Wildman–Crippen LogP) is 2.63. The maximum Gasteiger partial charge on any atom is 0.166 e. The van der Waals surface area contributed by atoms with Crippen molar-refractivity contribution in [2.24, 2.45) is 4.99 Å². The van der Waals surface area contributed by atoms with Crippen molar-refractivity contribution in [3.8, 4) is 11.5 Å². The van der Waals surface area contributed by atoms with Crippen LogP contribution in [0.2, 0.25) is 0 Å². The zero-order valence-corrected chi connectivity index (χ0v) is 14.8. The summed E-state index contributed by atoms with van der Waals surface area (Å²) in [6.07, 6.45) is 4.35. The van der Waals surface area contributed by atoms with Gasteiger partial charge in [-0.2, -0.15) is 0 Å². The van der Waals surface area contributed by atoms with Gasteiger partial charge in [-0.25, -0.2) is 0 Å². The third-order valence-corrected chi connectivity index (χ3v) is 4.79. The van der Waals surface area contributed by atoms with Crippen molar-refractivity contribution in [1.29, 1.82) is 0 Å². The average Bonchev–Trinajstić information content (AvgIpc) is 3.17. The molecule has 1 atom stereocenters. The Morgan fingerprint density at radius 3 is 2.60 bits per heavy atom. The van der Waals surface area contributed by atoms with Crippen LogP contribution in [0.1, 0.15) is 36.9 Å². The van der Waals surface area contributed by atoms with E-state index in [2.05, 4.69) is 35.3 Å². The van der Waals surface area contributed by atoms with Crippen LogP contribution in [-0.2, 0) is 0 Å². The molecule has 1 heterocycles. The molecule has 0 aromatic heterocycles. The number of ether oxygens (including phenoxy) is 1. The maximum atomic E-state index is 10.3. The smallest absolute Gasteiger partial charge is 0.166 e. The molecule has 1 saturated heterocycles. The van der Waals surface area contributed by atoms with Gasteiger partial charge in [0.1, 0.15) is 6.04 Å². The fraction of sp³-hybridized carbons (Fsp3) is 0.381. The minimum atomic E-state index is 0.165. The van der Waals surface area contributed by atoms with Crippen LogP contribution in [-0.4, -0.2) is 37.6 Å². The van der Waals surface area contributed by atoms with Crippen LogP contribution >= 0.6 is 0 Å².